The second-order valence-corrected chi connectivity index (χ2v) is 10.2. The van der Waals surface area contributed by atoms with Gasteiger partial charge in [0.15, 0.2) is 0 Å². The van der Waals surface area contributed by atoms with Gasteiger partial charge in [-0.05, 0) is 87.8 Å². The van der Waals surface area contributed by atoms with Gasteiger partial charge in [-0.1, -0.05) is 11.6 Å². The van der Waals surface area contributed by atoms with Crippen molar-refractivity contribution in [1.29, 1.82) is 0 Å². The Bertz CT molecular complexity index is 793. The second-order valence-electron chi connectivity index (χ2n) is 9.73. The van der Waals surface area contributed by atoms with Gasteiger partial charge in [0, 0.05) is 17.5 Å². The van der Waals surface area contributed by atoms with E-state index in [1.165, 1.54) is 6.42 Å². The number of halogens is 1. The molecule has 152 valence electrons. The highest BCUT2D eigenvalue weighted by Gasteiger charge is 2.57. The monoisotopic (exact) mass is 404 g/mol. The predicted octanol–water partition coefficient (Wildman–Crippen LogP) is 4.14. The minimum atomic E-state index is -0.581. The van der Waals surface area contributed by atoms with Crippen LogP contribution in [0, 0.1) is 17.3 Å². The molecule has 0 aromatic heterocycles. The maximum absolute atomic E-state index is 12.9. The molecule has 0 radical (unpaired) electrons. The molecule has 1 aromatic rings. The molecule has 0 saturated heterocycles. The Morgan fingerprint density at radius 3 is 2.50 bits per heavy atom. The molecule has 4 fully saturated rings. The highest BCUT2D eigenvalue weighted by molar-refractivity contribution is 6.31. The van der Waals surface area contributed by atoms with E-state index in [-0.39, 0.29) is 23.3 Å². The maximum atomic E-state index is 12.9. The summed E-state index contributed by atoms with van der Waals surface area (Å²) in [5.41, 5.74) is 0.166. The van der Waals surface area contributed by atoms with Crippen LogP contribution in [-0.2, 0) is 4.79 Å². The first-order valence-electron chi connectivity index (χ1n) is 10.3. The van der Waals surface area contributed by atoms with Crippen molar-refractivity contribution in [3.8, 4) is 0 Å². The highest BCUT2D eigenvalue weighted by atomic mass is 35.5. The fourth-order valence-electron chi connectivity index (χ4n) is 6.30. The van der Waals surface area contributed by atoms with Crippen molar-refractivity contribution in [2.24, 2.45) is 17.3 Å². The molecule has 4 saturated carbocycles. The smallest absolute Gasteiger partial charge is 0.253 e. The van der Waals surface area contributed by atoms with Crippen molar-refractivity contribution in [1.82, 2.24) is 5.32 Å². The molecule has 4 bridgehead atoms. The van der Waals surface area contributed by atoms with Gasteiger partial charge >= 0.3 is 0 Å². The van der Waals surface area contributed by atoms with Crippen LogP contribution in [0.15, 0.2) is 18.2 Å². The lowest BCUT2D eigenvalue weighted by atomic mass is 9.47. The van der Waals surface area contributed by atoms with Crippen molar-refractivity contribution in [2.45, 2.75) is 70.4 Å². The fourth-order valence-corrected chi connectivity index (χ4v) is 6.47. The number of rotatable bonds is 5. The lowest BCUT2D eigenvalue weighted by Crippen LogP contribution is -2.56. The first-order valence-corrected chi connectivity index (χ1v) is 10.7. The number of anilines is 1. The van der Waals surface area contributed by atoms with E-state index in [1.54, 1.807) is 18.2 Å². The second kappa shape index (κ2) is 7.03. The summed E-state index contributed by atoms with van der Waals surface area (Å²) in [6, 6.07) is 4.92. The van der Waals surface area contributed by atoms with Crippen molar-refractivity contribution in [2.75, 3.05) is 5.32 Å². The summed E-state index contributed by atoms with van der Waals surface area (Å²) in [4.78, 5) is 25.4. The van der Waals surface area contributed by atoms with Crippen LogP contribution in [0.25, 0.3) is 0 Å². The fraction of sp³-hybridized carbons (Fsp3) is 0.636. The molecule has 0 heterocycles. The van der Waals surface area contributed by atoms with E-state index in [1.807, 2.05) is 13.8 Å². The van der Waals surface area contributed by atoms with Crippen LogP contribution in [-0.4, -0.2) is 28.6 Å². The van der Waals surface area contributed by atoms with Crippen LogP contribution in [0.3, 0.4) is 0 Å². The summed E-state index contributed by atoms with van der Waals surface area (Å²) >= 11 is 6.11. The first kappa shape index (κ1) is 19.7. The molecule has 1 aromatic carbocycles. The zero-order valence-electron chi connectivity index (χ0n) is 16.6. The van der Waals surface area contributed by atoms with Crippen molar-refractivity contribution >= 4 is 29.1 Å². The molecular formula is C22H29ClN2O3. The molecule has 2 atom stereocenters. The van der Waals surface area contributed by atoms with Crippen molar-refractivity contribution in [3.63, 3.8) is 0 Å². The SMILES string of the molecule is CC(C)NC(=O)c1ccc(Cl)cc1NC(=O)CC12CC3CC(CC(O)(C3)C1)C2. The summed E-state index contributed by atoms with van der Waals surface area (Å²) in [5.74, 6) is 0.743. The Morgan fingerprint density at radius 1 is 1.21 bits per heavy atom. The van der Waals surface area contributed by atoms with Gasteiger partial charge in [-0.3, -0.25) is 9.59 Å². The van der Waals surface area contributed by atoms with Crippen LogP contribution in [0.5, 0.6) is 0 Å². The summed E-state index contributed by atoms with van der Waals surface area (Å²) in [5, 5.41) is 17.2. The summed E-state index contributed by atoms with van der Waals surface area (Å²) in [6.07, 6.45) is 6.13. The van der Waals surface area contributed by atoms with Gasteiger partial charge in [0.2, 0.25) is 5.91 Å². The Labute approximate surface area is 171 Å². The number of amides is 2. The molecule has 4 aliphatic carbocycles. The van der Waals surface area contributed by atoms with E-state index in [4.69, 9.17) is 11.6 Å². The summed E-state index contributed by atoms with van der Waals surface area (Å²) < 4.78 is 0. The molecule has 0 aliphatic heterocycles. The van der Waals surface area contributed by atoms with Gasteiger partial charge in [0.05, 0.1) is 16.9 Å². The van der Waals surface area contributed by atoms with Crippen LogP contribution in [0.4, 0.5) is 5.69 Å². The normalized spacial score (nSPS) is 33.2. The van der Waals surface area contributed by atoms with Crippen molar-refractivity contribution in [3.05, 3.63) is 28.8 Å². The third kappa shape index (κ3) is 3.92. The van der Waals surface area contributed by atoms with E-state index in [0.717, 1.165) is 32.1 Å². The van der Waals surface area contributed by atoms with Crippen LogP contribution >= 0.6 is 11.6 Å². The molecule has 6 heteroatoms. The number of carbonyl (C=O) groups is 2. The molecule has 4 aliphatic rings. The quantitative estimate of drug-likeness (QED) is 0.690. The number of carbonyl (C=O) groups excluding carboxylic acids is 2. The van der Waals surface area contributed by atoms with Gasteiger partial charge < -0.3 is 15.7 Å². The Hall–Kier alpha value is -1.59. The number of aliphatic hydroxyl groups is 1. The van der Waals surface area contributed by atoms with E-state index in [9.17, 15) is 14.7 Å². The average Bonchev–Trinajstić information content (AvgIpc) is 2.50. The van der Waals surface area contributed by atoms with Crippen LogP contribution < -0.4 is 10.6 Å². The van der Waals surface area contributed by atoms with Crippen LogP contribution in [0.1, 0.15) is 69.2 Å². The molecule has 2 amide bonds. The topological polar surface area (TPSA) is 78.4 Å². The van der Waals surface area contributed by atoms with Gasteiger partial charge in [-0.2, -0.15) is 0 Å². The molecule has 5 nitrogen and oxygen atoms in total. The van der Waals surface area contributed by atoms with E-state index < -0.39 is 5.60 Å². The molecule has 3 N–H and O–H groups in total. The highest BCUT2D eigenvalue weighted by Crippen LogP contribution is 2.62. The van der Waals surface area contributed by atoms with E-state index in [0.29, 0.717) is 34.5 Å². The molecule has 0 spiro atoms. The Morgan fingerprint density at radius 2 is 1.89 bits per heavy atom. The third-order valence-electron chi connectivity index (χ3n) is 6.61. The van der Waals surface area contributed by atoms with Crippen molar-refractivity contribution < 1.29 is 14.7 Å². The molecule has 2 unspecified atom stereocenters. The standard InChI is InChI=1S/C22H29ClN2O3/c1-13(2)24-20(27)17-4-3-16(23)6-18(17)25-19(26)11-21-7-14-5-15(8-21)10-22(28,9-14)12-21/h3-4,6,13-15,28H,5,7-12H2,1-2H3,(H,24,27)(H,25,26). The molecule has 5 rings (SSSR count). The van der Waals surface area contributed by atoms with E-state index in [2.05, 4.69) is 10.6 Å². The van der Waals surface area contributed by atoms with Gasteiger partial charge in [0.1, 0.15) is 0 Å². The van der Waals surface area contributed by atoms with Gasteiger partial charge in [0.25, 0.3) is 5.91 Å². The Kier molecular flexibility index (Phi) is 4.95. The minimum absolute atomic E-state index is 0.000464. The average molecular weight is 405 g/mol. The van der Waals surface area contributed by atoms with Crippen LogP contribution in [0.2, 0.25) is 5.02 Å². The van der Waals surface area contributed by atoms with Gasteiger partial charge in [-0.25, -0.2) is 0 Å². The number of nitrogens with one attached hydrogen (secondary N) is 2. The third-order valence-corrected chi connectivity index (χ3v) is 6.84. The molecule has 28 heavy (non-hydrogen) atoms. The maximum Gasteiger partial charge on any atom is 0.253 e. The lowest BCUT2D eigenvalue weighted by molar-refractivity contribution is -0.167. The zero-order valence-corrected chi connectivity index (χ0v) is 17.3. The summed E-state index contributed by atoms with van der Waals surface area (Å²) in [7, 11) is 0. The summed E-state index contributed by atoms with van der Waals surface area (Å²) in [6.45, 7) is 3.79. The predicted molar refractivity (Wildman–Crippen MR) is 109 cm³/mol. The number of benzene rings is 1. The number of hydrogen-bond donors (Lipinski definition) is 3. The zero-order chi connectivity index (χ0) is 20.1. The molecular weight excluding hydrogens is 376 g/mol. The minimum Gasteiger partial charge on any atom is -0.390 e. The lowest BCUT2D eigenvalue weighted by Gasteiger charge is -2.60. The van der Waals surface area contributed by atoms with E-state index >= 15 is 0 Å². The Balaban J connectivity index is 1.50. The van der Waals surface area contributed by atoms with Gasteiger partial charge in [-0.15, -0.1) is 0 Å². The largest absolute Gasteiger partial charge is 0.390 e. The first-order chi connectivity index (χ1) is 13.2. The number of hydrogen-bond acceptors (Lipinski definition) is 3.